The number of hydrogen-bond acceptors (Lipinski definition) is 3. The average Bonchev–Trinajstić information content (AvgIpc) is 2.36. The molecule has 0 fully saturated rings. The van der Waals surface area contributed by atoms with Crippen LogP contribution in [0.25, 0.3) is 0 Å². The molecule has 1 aromatic rings. The zero-order chi connectivity index (χ0) is 13.5. The van der Waals surface area contributed by atoms with Crippen molar-refractivity contribution in [3.63, 3.8) is 0 Å². The molecule has 100 valence electrons. The number of aromatic nitrogens is 1. The Morgan fingerprint density at radius 3 is 2.56 bits per heavy atom. The summed E-state index contributed by atoms with van der Waals surface area (Å²) in [7, 11) is 0. The molecule has 0 aliphatic heterocycles. The summed E-state index contributed by atoms with van der Waals surface area (Å²) in [5.74, 6) is 0.473. The maximum absolute atomic E-state index is 11.7. The summed E-state index contributed by atoms with van der Waals surface area (Å²) in [6.07, 6.45) is 1.76. The Morgan fingerprint density at radius 1 is 1.28 bits per heavy atom. The average molecular weight is 249 g/mol. The highest BCUT2D eigenvalue weighted by molar-refractivity contribution is 5.78. The van der Waals surface area contributed by atoms with Gasteiger partial charge in [0.25, 0.3) is 0 Å². The third kappa shape index (κ3) is 4.84. The van der Waals surface area contributed by atoms with Gasteiger partial charge in [-0.25, -0.2) is 0 Å². The van der Waals surface area contributed by atoms with Gasteiger partial charge in [-0.2, -0.15) is 0 Å². The first kappa shape index (κ1) is 14.6. The lowest BCUT2D eigenvalue weighted by Crippen LogP contribution is -2.41. The van der Waals surface area contributed by atoms with E-state index in [1.165, 1.54) is 0 Å². The van der Waals surface area contributed by atoms with Gasteiger partial charge in [0, 0.05) is 18.3 Å². The maximum Gasteiger partial charge on any atom is 0.234 e. The quantitative estimate of drug-likeness (QED) is 0.809. The first-order valence-corrected chi connectivity index (χ1v) is 6.44. The van der Waals surface area contributed by atoms with E-state index in [-0.39, 0.29) is 18.0 Å². The fraction of sp³-hybridized carbons (Fsp3) is 0.571. The second kappa shape index (κ2) is 7.11. The minimum Gasteiger partial charge on any atom is -0.352 e. The van der Waals surface area contributed by atoms with Crippen molar-refractivity contribution < 1.29 is 4.79 Å². The van der Waals surface area contributed by atoms with Crippen molar-refractivity contribution in [2.75, 3.05) is 6.54 Å². The van der Waals surface area contributed by atoms with E-state index in [0.717, 1.165) is 5.69 Å². The standard InChI is InChI=1S/C14H23N3O/c1-10(2)11(3)17-14(18)9-16-12(4)13-7-5-6-8-15-13/h5-8,10-12,16H,9H2,1-4H3,(H,17,18)/t11?,12-/m1/s1. The summed E-state index contributed by atoms with van der Waals surface area (Å²) in [6, 6.07) is 6.05. The third-order valence-corrected chi connectivity index (χ3v) is 3.09. The molecule has 1 rings (SSSR count). The highest BCUT2D eigenvalue weighted by Gasteiger charge is 2.12. The van der Waals surface area contributed by atoms with Gasteiger partial charge in [-0.05, 0) is 31.9 Å². The van der Waals surface area contributed by atoms with Crippen LogP contribution in [-0.4, -0.2) is 23.5 Å². The molecule has 1 heterocycles. The fourth-order valence-corrected chi connectivity index (χ4v) is 1.45. The van der Waals surface area contributed by atoms with Crippen molar-refractivity contribution in [2.45, 2.75) is 39.8 Å². The Hall–Kier alpha value is -1.42. The summed E-state index contributed by atoms with van der Waals surface area (Å²) >= 11 is 0. The van der Waals surface area contributed by atoms with E-state index in [4.69, 9.17) is 0 Å². The van der Waals surface area contributed by atoms with Gasteiger partial charge >= 0.3 is 0 Å². The van der Waals surface area contributed by atoms with Gasteiger partial charge in [-0.1, -0.05) is 19.9 Å². The van der Waals surface area contributed by atoms with Crippen LogP contribution >= 0.6 is 0 Å². The molecular weight excluding hydrogens is 226 g/mol. The monoisotopic (exact) mass is 249 g/mol. The molecular formula is C14H23N3O. The molecule has 1 amide bonds. The van der Waals surface area contributed by atoms with Crippen molar-refractivity contribution in [1.29, 1.82) is 0 Å². The predicted octanol–water partition coefficient (Wildman–Crippen LogP) is 1.89. The number of nitrogens with zero attached hydrogens (tertiary/aromatic N) is 1. The molecule has 18 heavy (non-hydrogen) atoms. The van der Waals surface area contributed by atoms with E-state index < -0.39 is 0 Å². The van der Waals surface area contributed by atoms with Crippen molar-refractivity contribution in [2.24, 2.45) is 5.92 Å². The zero-order valence-electron chi connectivity index (χ0n) is 11.6. The Morgan fingerprint density at radius 2 is 2.00 bits per heavy atom. The first-order chi connectivity index (χ1) is 8.50. The highest BCUT2D eigenvalue weighted by atomic mass is 16.1. The van der Waals surface area contributed by atoms with Gasteiger partial charge in [0.2, 0.25) is 5.91 Å². The molecule has 0 aliphatic carbocycles. The second-order valence-corrected chi connectivity index (χ2v) is 4.96. The number of pyridine rings is 1. The third-order valence-electron chi connectivity index (χ3n) is 3.09. The molecule has 2 N–H and O–H groups in total. The van der Waals surface area contributed by atoms with E-state index in [0.29, 0.717) is 12.5 Å². The van der Waals surface area contributed by atoms with Crippen LogP contribution in [0, 0.1) is 5.92 Å². The second-order valence-electron chi connectivity index (χ2n) is 4.96. The van der Waals surface area contributed by atoms with Crippen molar-refractivity contribution >= 4 is 5.91 Å². The number of amides is 1. The van der Waals surface area contributed by atoms with Crippen LogP contribution in [0.3, 0.4) is 0 Å². The lowest BCUT2D eigenvalue weighted by molar-refractivity contribution is -0.121. The number of rotatable bonds is 6. The Labute approximate surface area is 109 Å². The van der Waals surface area contributed by atoms with Gasteiger partial charge < -0.3 is 10.6 Å². The number of carbonyl (C=O) groups is 1. The minimum absolute atomic E-state index is 0.0268. The molecule has 0 spiro atoms. The SMILES string of the molecule is CC(C)C(C)NC(=O)CN[C@H](C)c1ccccn1. The largest absolute Gasteiger partial charge is 0.352 e. The summed E-state index contributed by atoms with van der Waals surface area (Å²) < 4.78 is 0. The molecule has 4 heteroatoms. The van der Waals surface area contributed by atoms with Crippen molar-refractivity contribution in [1.82, 2.24) is 15.6 Å². The normalized spacial score (nSPS) is 14.3. The summed E-state index contributed by atoms with van der Waals surface area (Å²) in [4.78, 5) is 16.0. The molecule has 1 unspecified atom stereocenters. The lowest BCUT2D eigenvalue weighted by Gasteiger charge is -2.19. The van der Waals surface area contributed by atoms with E-state index >= 15 is 0 Å². The van der Waals surface area contributed by atoms with E-state index in [9.17, 15) is 4.79 Å². The van der Waals surface area contributed by atoms with E-state index in [1.807, 2.05) is 32.0 Å². The molecule has 1 aromatic heterocycles. The van der Waals surface area contributed by atoms with E-state index in [2.05, 4.69) is 29.5 Å². The summed E-state index contributed by atoms with van der Waals surface area (Å²) in [5.41, 5.74) is 0.946. The highest BCUT2D eigenvalue weighted by Crippen LogP contribution is 2.07. The molecule has 0 radical (unpaired) electrons. The Kier molecular flexibility index (Phi) is 5.78. The molecule has 4 nitrogen and oxygen atoms in total. The van der Waals surface area contributed by atoms with E-state index in [1.54, 1.807) is 6.20 Å². The maximum atomic E-state index is 11.7. The van der Waals surface area contributed by atoms with Crippen LogP contribution in [0.1, 0.15) is 39.4 Å². The predicted molar refractivity (Wildman–Crippen MR) is 73.1 cm³/mol. The number of carbonyl (C=O) groups excluding carboxylic acids is 1. The van der Waals surface area contributed by atoms with Gasteiger partial charge in [-0.3, -0.25) is 9.78 Å². The van der Waals surface area contributed by atoms with Gasteiger partial charge in [0.05, 0.1) is 12.2 Å². The van der Waals surface area contributed by atoms with Crippen molar-refractivity contribution in [3.8, 4) is 0 Å². The summed E-state index contributed by atoms with van der Waals surface area (Å²) in [6.45, 7) is 8.52. The van der Waals surface area contributed by atoms with Crippen LogP contribution in [0.15, 0.2) is 24.4 Å². The van der Waals surface area contributed by atoms with Crippen LogP contribution in [-0.2, 0) is 4.79 Å². The smallest absolute Gasteiger partial charge is 0.234 e. The van der Waals surface area contributed by atoms with Gasteiger partial charge in [0.15, 0.2) is 0 Å². The number of hydrogen-bond donors (Lipinski definition) is 2. The van der Waals surface area contributed by atoms with Crippen LogP contribution < -0.4 is 10.6 Å². The lowest BCUT2D eigenvalue weighted by atomic mass is 10.1. The van der Waals surface area contributed by atoms with Crippen LogP contribution in [0.2, 0.25) is 0 Å². The van der Waals surface area contributed by atoms with Crippen LogP contribution in [0.5, 0.6) is 0 Å². The zero-order valence-corrected chi connectivity index (χ0v) is 11.6. The van der Waals surface area contributed by atoms with Crippen LogP contribution in [0.4, 0.5) is 0 Å². The first-order valence-electron chi connectivity index (χ1n) is 6.44. The van der Waals surface area contributed by atoms with Gasteiger partial charge in [-0.15, -0.1) is 0 Å². The summed E-state index contributed by atoms with van der Waals surface area (Å²) in [5, 5.41) is 6.13. The molecule has 0 aromatic carbocycles. The fourth-order valence-electron chi connectivity index (χ4n) is 1.45. The molecule has 0 aliphatic rings. The molecule has 2 atom stereocenters. The number of nitrogens with one attached hydrogen (secondary N) is 2. The van der Waals surface area contributed by atoms with Gasteiger partial charge in [0.1, 0.15) is 0 Å². The molecule has 0 bridgehead atoms. The van der Waals surface area contributed by atoms with Crippen molar-refractivity contribution in [3.05, 3.63) is 30.1 Å². The topological polar surface area (TPSA) is 54.0 Å². The minimum atomic E-state index is 0.0268. The molecule has 0 saturated heterocycles. The Balaban J connectivity index is 2.35. The molecule has 0 saturated carbocycles. The Bertz CT molecular complexity index is 365.